The van der Waals surface area contributed by atoms with Crippen molar-refractivity contribution in [3.63, 3.8) is 0 Å². The van der Waals surface area contributed by atoms with Gasteiger partial charge in [0.1, 0.15) is 6.61 Å². The minimum atomic E-state index is 0.374. The van der Waals surface area contributed by atoms with Crippen LogP contribution in [-0.2, 0) is 6.61 Å². The van der Waals surface area contributed by atoms with Crippen LogP contribution >= 0.6 is 31.9 Å². The van der Waals surface area contributed by atoms with Gasteiger partial charge in [0.15, 0.2) is 0 Å². The molecule has 82 valence electrons. The van der Waals surface area contributed by atoms with Gasteiger partial charge in [-0.15, -0.1) is 0 Å². The van der Waals surface area contributed by atoms with Gasteiger partial charge >= 0.3 is 6.01 Å². The molecular formula is C11H8Br2N2O. The van der Waals surface area contributed by atoms with Crippen molar-refractivity contribution >= 4 is 31.9 Å². The molecule has 1 aromatic carbocycles. The van der Waals surface area contributed by atoms with Crippen LogP contribution in [0.4, 0.5) is 0 Å². The molecule has 3 nitrogen and oxygen atoms in total. The molecule has 16 heavy (non-hydrogen) atoms. The minimum absolute atomic E-state index is 0.374. The Morgan fingerprint density at radius 2 is 1.75 bits per heavy atom. The van der Waals surface area contributed by atoms with E-state index in [4.69, 9.17) is 4.74 Å². The Morgan fingerprint density at radius 3 is 2.44 bits per heavy atom. The van der Waals surface area contributed by atoms with Crippen LogP contribution in [0.15, 0.2) is 45.6 Å². The van der Waals surface area contributed by atoms with Gasteiger partial charge in [-0.1, -0.05) is 34.1 Å². The summed E-state index contributed by atoms with van der Waals surface area (Å²) in [5.74, 6) is 0. The Balaban J connectivity index is 2.02. The van der Waals surface area contributed by atoms with Crippen LogP contribution in [0, 0.1) is 0 Å². The molecule has 5 heteroatoms. The average Bonchev–Trinajstić information content (AvgIpc) is 2.30. The SMILES string of the molecule is Brc1cnc(OCc2ccccc2Br)nc1. The summed E-state index contributed by atoms with van der Waals surface area (Å²) in [7, 11) is 0. The first-order chi connectivity index (χ1) is 7.75. The number of hydrogen-bond donors (Lipinski definition) is 0. The fourth-order valence-corrected chi connectivity index (χ4v) is 1.74. The summed E-state index contributed by atoms with van der Waals surface area (Å²) < 4.78 is 7.31. The van der Waals surface area contributed by atoms with Crippen LogP contribution in [0.3, 0.4) is 0 Å². The van der Waals surface area contributed by atoms with Gasteiger partial charge in [0.25, 0.3) is 0 Å². The second-order valence-corrected chi connectivity index (χ2v) is 4.83. The molecular weight excluding hydrogens is 336 g/mol. The lowest BCUT2D eigenvalue weighted by molar-refractivity contribution is 0.280. The molecule has 0 unspecified atom stereocenters. The first-order valence-corrected chi connectivity index (χ1v) is 6.18. The second kappa shape index (κ2) is 5.41. The van der Waals surface area contributed by atoms with Crippen LogP contribution in [0.1, 0.15) is 5.56 Å². The van der Waals surface area contributed by atoms with Crippen molar-refractivity contribution in [2.45, 2.75) is 6.61 Å². The molecule has 0 atom stereocenters. The number of nitrogens with zero attached hydrogens (tertiary/aromatic N) is 2. The van der Waals surface area contributed by atoms with E-state index in [9.17, 15) is 0 Å². The first kappa shape index (κ1) is 11.5. The van der Waals surface area contributed by atoms with Crippen molar-refractivity contribution in [2.24, 2.45) is 0 Å². The number of benzene rings is 1. The Kier molecular flexibility index (Phi) is 3.90. The predicted octanol–water partition coefficient (Wildman–Crippen LogP) is 3.58. The number of ether oxygens (including phenoxy) is 1. The van der Waals surface area contributed by atoms with E-state index in [0.717, 1.165) is 14.5 Å². The van der Waals surface area contributed by atoms with Gasteiger partial charge in [-0.05, 0) is 22.0 Å². The summed E-state index contributed by atoms with van der Waals surface area (Å²) in [5, 5.41) is 0. The summed E-state index contributed by atoms with van der Waals surface area (Å²) in [5.41, 5.74) is 1.06. The lowest BCUT2D eigenvalue weighted by Gasteiger charge is -2.05. The smallest absolute Gasteiger partial charge is 0.316 e. The largest absolute Gasteiger partial charge is 0.459 e. The van der Waals surface area contributed by atoms with Gasteiger partial charge < -0.3 is 4.74 Å². The van der Waals surface area contributed by atoms with E-state index >= 15 is 0 Å². The van der Waals surface area contributed by atoms with Gasteiger partial charge in [-0.3, -0.25) is 0 Å². The van der Waals surface area contributed by atoms with Crippen molar-refractivity contribution < 1.29 is 4.74 Å². The molecule has 1 aromatic heterocycles. The van der Waals surface area contributed by atoms with Crippen molar-refractivity contribution in [2.75, 3.05) is 0 Å². The van der Waals surface area contributed by atoms with Crippen LogP contribution in [0.2, 0.25) is 0 Å². The summed E-state index contributed by atoms with van der Waals surface area (Å²) in [6.45, 7) is 0.447. The van der Waals surface area contributed by atoms with Gasteiger partial charge in [0, 0.05) is 22.4 Å². The molecule has 0 amide bonds. The normalized spacial score (nSPS) is 10.1. The molecule has 0 aliphatic carbocycles. The average molecular weight is 344 g/mol. The molecule has 0 bridgehead atoms. The van der Waals surface area contributed by atoms with Gasteiger partial charge in [-0.25, -0.2) is 9.97 Å². The van der Waals surface area contributed by atoms with Crippen molar-refractivity contribution in [3.8, 4) is 6.01 Å². The van der Waals surface area contributed by atoms with E-state index in [-0.39, 0.29) is 0 Å². The van der Waals surface area contributed by atoms with Crippen molar-refractivity contribution in [1.29, 1.82) is 0 Å². The standard InChI is InChI=1S/C11H8Br2N2O/c12-9-5-14-11(15-6-9)16-7-8-3-1-2-4-10(8)13/h1-6H,7H2. The number of aromatic nitrogens is 2. The third kappa shape index (κ3) is 3.02. The molecule has 1 heterocycles. The summed E-state index contributed by atoms with van der Waals surface area (Å²) in [6, 6.07) is 8.26. The number of hydrogen-bond acceptors (Lipinski definition) is 3. The first-order valence-electron chi connectivity index (χ1n) is 4.59. The van der Waals surface area contributed by atoms with E-state index in [1.807, 2.05) is 24.3 Å². The fraction of sp³-hybridized carbons (Fsp3) is 0.0909. The highest BCUT2D eigenvalue weighted by Gasteiger charge is 2.01. The second-order valence-electron chi connectivity index (χ2n) is 3.06. The predicted molar refractivity (Wildman–Crippen MR) is 68.2 cm³/mol. The molecule has 0 aliphatic heterocycles. The van der Waals surface area contributed by atoms with Gasteiger partial charge in [-0.2, -0.15) is 0 Å². The van der Waals surface area contributed by atoms with Crippen LogP contribution in [0.5, 0.6) is 6.01 Å². The number of halogens is 2. The maximum atomic E-state index is 5.45. The highest BCUT2D eigenvalue weighted by Crippen LogP contribution is 2.17. The maximum Gasteiger partial charge on any atom is 0.316 e. The molecule has 0 N–H and O–H groups in total. The molecule has 2 aromatic rings. The minimum Gasteiger partial charge on any atom is -0.459 e. The van der Waals surface area contributed by atoms with E-state index in [1.165, 1.54) is 0 Å². The Morgan fingerprint density at radius 1 is 1.06 bits per heavy atom. The Hall–Kier alpha value is -0.940. The topological polar surface area (TPSA) is 35.0 Å². The number of rotatable bonds is 3. The van der Waals surface area contributed by atoms with Gasteiger partial charge in [0.2, 0.25) is 0 Å². The highest BCUT2D eigenvalue weighted by atomic mass is 79.9. The quantitative estimate of drug-likeness (QED) is 0.854. The Bertz CT molecular complexity index is 474. The maximum absolute atomic E-state index is 5.45. The van der Waals surface area contributed by atoms with E-state index in [2.05, 4.69) is 41.8 Å². The molecule has 0 aliphatic rings. The van der Waals surface area contributed by atoms with E-state index in [1.54, 1.807) is 12.4 Å². The van der Waals surface area contributed by atoms with Crippen LogP contribution in [0.25, 0.3) is 0 Å². The fourth-order valence-electron chi connectivity index (χ4n) is 1.13. The van der Waals surface area contributed by atoms with Crippen LogP contribution < -0.4 is 4.74 Å². The van der Waals surface area contributed by atoms with E-state index < -0.39 is 0 Å². The molecule has 0 radical (unpaired) electrons. The van der Waals surface area contributed by atoms with Crippen molar-refractivity contribution in [1.82, 2.24) is 9.97 Å². The highest BCUT2D eigenvalue weighted by molar-refractivity contribution is 9.10. The Labute approximate surface area is 110 Å². The van der Waals surface area contributed by atoms with Gasteiger partial charge in [0.05, 0.1) is 4.47 Å². The van der Waals surface area contributed by atoms with Crippen LogP contribution in [-0.4, -0.2) is 9.97 Å². The van der Waals surface area contributed by atoms with E-state index in [0.29, 0.717) is 12.6 Å². The lowest BCUT2D eigenvalue weighted by atomic mass is 10.2. The molecule has 0 spiro atoms. The van der Waals surface area contributed by atoms with Crippen molar-refractivity contribution in [3.05, 3.63) is 51.2 Å². The third-order valence-electron chi connectivity index (χ3n) is 1.91. The summed E-state index contributed by atoms with van der Waals surface area (Å²) >= 11 is 6.72. The molecule has 0 fully saturated rings. The third-order valence-corrected chi connectivity index (χ3v) is 3.09. The molecule has 2 rings (SSSR count). The summed E-state index contributed by atoms with van der Waals surface area (Å²) in [6.07, 6.45) is 3.31. The molecule has 0 saturated heterocycles. The summed E-state index contributed by atoms with van der Waals surface area (Å²) in [4.78, 5) is 8.05. The molecule has 0 saturated carbocycles. The lowest BCUT2D eigenvalue weighted by Crippen LogP contribution is -1.99. The monoisotopic (exact) mass is 342 g/mol. The zero-order chi connectivity index (χ0) is 11.4. The zero-order valence-electron chi connectivity index (χ0n) is 8.23. The zero-order valence-corrected chi connectivity index (χ0v) is 11.4.